The van der Waals surface area contributed by atoms with Crippen LogP contribution in [0.3, 0.4) is 0 Å². The van der Waals surface area contributed by atoms with E-state index < -0.39 is 0 Å². The molecule has 0 saturated heterocycles. The van der Waals surface area contributed by atoms with Gasteiger partial charge in [-0.3, -0.25) is 4.79 Å². The Morgan fingerprint density at radius 3 is 2.60 bits per heavy atom. The van der Waals surface area contributed by atoms with Gasteiger partial charge in [0.2, 0.25) is 0 Å². The minimum atomic E-state index is 0.219. The highest BCUT2D eigenvalue weighted by atomic mass is 16.5. The van der Waals surface area contributed by atoms with E-state index in [2.05, 4.69) is 12.2 Å². The van der Waals surface area contributed by atoms with Crippen molar-refractivity contribution in [1.82, 2.24) is 0 Å². The number of ether oxygens (including phenoxy) is 1. The second kappa shape index (κ2) is 4.13. The van der Waals surface area contributed by atoms with Crippen molar-refractivity contribution < 1.29 is 9.53 Å². The monoisotopic (exact) mass is 200 g/mol. The van der Waals surface area contributed by atoms with Gasteiger partial charge in [-0.05, 0) is 17.7 Å². The average Bonchev–Trinajstić information content (AvgIpc) is 2.81. The third-order valence-electron chi connectivity index (χ3n) is 2.53. The van der Waals surface area contributed by atoms with E-state index in [0.717, 1.165) is 11.8 Å². The lowest BCUT2D eigenvalue weighted by Gasteiger charge is -2.10. The number of rotatable bonds is 3. The topological polar surface area (TPSA) is 26.3 Å². The summed E-state index contributed by atoms with van der Waals surface area (Å²) in [5.41, 5.74) is 1.71. The Bertz CT molecular complexity index is 418. The normalized spacial score (nSPS) is 14.5. The number of hydrogen-bond acceptors (Lipinski definition) is 2. The Hall–Kier alpha value is -1.83. The van der Waals surface area contributed by atoms with Gasteiger partial charge in [0.05, 0.1) is 7.11 Å². The molecule has 0 bridgehead atoms. The Labute approximate surface area is 88.9 Å². The van der Waals surface area contributed by atoms with Crippen molar-refractivity contribution in [2.75, 3.05) is 7.11 Å². The Balaban J connectivity index is 2.42. The van der Waals surface area contributed by atoms with E-state index in [9.17, 15) is 4.79 Å². The van der Waals surface area contributed by atoms with Crippen LogP contribution in [0.15, 0.2) is 42.5 Å². The molecule has 0 unspecified atom stereocenters. The van der Waals surface area contributed by atoms with E-state index in [0.29, 0.717) is 11.3 Å². The largest absolute Gasteiger partial charge is 0.497 e. The number of allylic oxidation sites excluding steroid dienone is 4. The van der Waals surface area contributed by atoms with Crippen molar-refractivity contribution >= 4 is 6.29 Å². The summed E-state index contributed by atoms with van der Waals surface area (Å²) in [6, 6.07) is 5.58. The fraction of sp³-hybridized carbons (Fsp3) is 0.154. The lowest BCUT2D eigenvalue weighted by Crippen LogP contribution is -1.97. The molecule has 2 rings (SSSR count). The van der Waals surface area contributed by atoms with Gasteiger partial charge in [0.1, 0.15) is 12.0 Å². The summed E-state index contributed by atoms with van der Waals surface area (Å²) in [5.74, 6) is 0.933. The van der Waals surface area contributed by atoms with Gasteiger partial charge < -0.3 is 4.74 Å². The van der Waals surface area contributed by atoms with Crippen molar-refractivity contribution in [3.63, 3.8) is 0 Å². The molecule has 0 saturated carbocycles. The standard InChI is InChI=1S/C13H12O2/c1-15-12-6-7-13(11(8-12)9-14)10-4-2-3-5-10/h2-10H,1H3. The zero-order chi connectivity index (χ0) is 10.7. The summed E-state index contributed by atoms with van der Waals surface area (Å²) in [6.45, 7) is 0. The fourth-order valence-electron chi connectivity index (χ4n) is 1.72. The van der Waals surface area contributed by atoms with Crippen LogP contribution in [-0.4, -0.2) is 13.4 Å². The van der Waals surface area contributed by atoms with Crippen LogP contribution in [-0.2, 0) is 0 Å². The van der Waals surface area contributed by atoms with Crippen LogP contribution in [0.1, 0.15) is 21.8 Å². The van der Waals surface area contributed by atoms with Crippen molar-refractivity contribution in [3.8, 4) is 5.75 Å². The first-order valence-corrected chi connectivity index (χ1v) is 4.83. The third-order valence-corrected chi connectivity index (χ3v) is 2.53. The van der Waals surface area contributed by atoms with Crippen LogP contribution >= 0.6 is 0 Å². The fourth-order valence-corrected chi connectivity index (χ4v) is 1.72. The lowest BCUT2D eigenvalue weighted by atomic mass is 9.96. The second-order valence-corrected chi connectivity index (χ2v) is 3.41. The number of hydrogen-bond donors (Lipinski definition) is 0. The Kier molecular flexibility index (Phi) is 2.68. The van der Waals surface area contributed by atoms with Gasteiger partial charge in [-0.25, -0.2) is 0 Å². The summed E-state index contributed by atoms with van der Waals surface area (Å²) in [6.07, 6.45) is 8.98. The van der Waals surface area contributed by atoms with Gasteiger partial charge >= 0.3 is 0 Å². The highest BCUT2D eigenvalue weighted by Gasteiger charge is 2.12. The molecule has 0 N–H and O–H groups in total. The smallest absolute Gasteiger partial charge is 0.150 e. The van der Waals surface area contributed by atoms with Crippen LogP contribution in [0.2, 0.25) is 0 Å². The van der Waals surface area contributed by atoms with Gasteiger partial charge in [0.25, 0.3) is 0 Å². The molecule has 0 aliphatic heterocycles. The minimum absolute atomic E-state index is 0.219. The number of benzene rings is 1. The molecule has 76 valence electrons. The average molecular weight is 200 g/mol. The van der Waals surface area contributed by atoms with E-state index in [4.69, 9.17) is 4.74 Å². The zero-order valence-corrected chi connectivity index (χ0v) is 8.51. The maximum Gasteiger partial charge on any atom is 0.150 e. The van der Waals surface area contributed by atoms with Crippen LogP contribution < -0.4 is 4.74 Å². The maximum atomic E-state index is 10.9. The van der Waals surface area contributed by atoms with Gasteiger partial charge in [-0.15, -0.1) is 0 Å². The summed E-state index contributed by atoms with van der Waals surface area (Å²) < 4.78 is 5.08. The molecule has 1 aliphatic rings. The number of carbonyl (C=O) groups excluding carboxylic acids is 1. The van der Waals surface area contributed by atoms with Crippen LogP contribution in [0.5, 0.6) is 5.75 Å². The van der Waals surface area contributed by atoms with E-state index in [-0.39, 0.29) is 5.92 Å². The van der Waals surface area contributed by atoms with E-state index in [1.54, 1.807) is 13.2 Å². The summed E-state index contributed by atoms with van der Waals surface area (Å²) in [4.78, 5) is 10.9. The number of methoxy groups -OCH3 is 1. The second-order valence-electron chi connectivity index (χ2n) is 3.41. The molecule has 0 fully saturated rings. The molecule has 2 heteroatoms. The highest BCUT2D eigenvalue weighted by molar-refractivity contribution is 5.79. The van der Waals surface area contributed by atoms with E-state index >= 15 is 0 Å². The lowest BCUT2D eigenvalue weighted by molar-refractivity contribution is 0.112. The molecule has 0 spiro atoms. The number of carbonyl (C=O) groups is 1. The van der Waals surface area contributed by atoms with Gasteiger partial charge in [-0.2, -0.15) is 0 Å². The summed E-state index contributed by atoms with van der Waals surface area (Å²) in [7, 11) is 1.60. The summed E-state index contributed by atoms with van der Waals surface area (Å²) in [5, 5.41) is 0. The molecule has 1 aromatic carbocycles. The molecular weight excluding hydrogens is 188 g/mol. The first-order valence-electron chi connectivity index (χ1n) is 4.83. The minimum Gasteiger partial charge on any atom is -0.497 e. The molecule has 0 heterocycles. The molecular formula is C13H12O2. The molecule has 2 nitrogen and oxygen atoms in total. The van der Waals surface area contributed by atoms with Gasteiger partial charge in [0.15, 0.2) is 0 Å². The van der Waals surface area contributed by atoms with Crippen molar-refractivity contribution in [2.24, 2.45) is 0 Å². The molecule has 1 aromatic rings. The molecule has 1 aliphatic carbocycles. The SMILES string of the molecule is COc1ccc(C2C=CC=C2)c(C=O)c1. The zero-order valence-electron chi connectivity index (χ0n) is 8.51. The van der Waals surface area contributed by atoms with Crippen molar-refractivity contribution in [3.05, 3.63) is 53.6 Å². The predicted molar refractivity (Wildman–Crippen MR) is 59.4 cm³/mol. The molecule has 0 aromatic heterocycles. The predicted octanol–water partition coefficient (Wildman–Crippen LogP) is 2.72. The first kappa shape index (κ1) is 9.71. The van der Waals surface area contributed by atoms with Crippen LogP contribution in [0.25, 0.3) is 0 Å². The molecule has 15 heavy (non-hydrogen) atoms. The molecule has 0 atom stereocenters. The number of aldehydes is 1. The highest BCUT2D eigenvalue weighted by Crippen LogP contribution is 2.27. The quantitative estimate of drug-likeness (QED) is 0.701. The summed E-state index contributed by atoms with van der Waals surface area (Å²) >= 11 is 0. The van der Waals surface area contributed by atoms with E-state index in [1.807, 2.05) is 24.3 Å². The van der Waals surface area contributed by atoms with E-state index in [1.165, 1.54) is 0 Å². The van der Waals surface area contributed by atoms with Crippen molar-refractivity contribution in [2.45, 2.75) is 5.92 Å². The Morgan fingerprint density at radius 2 is 2.00 bits per heavy atom. The van der Waals surface area contributed by atoms with Crippen LogP contribution in [0, 0.1) is 0 Å². The van der Waals surface area contributed by atoms with Gasteiger partial charge in [-0.1, -0.05) is 30.4 Å². The third kappa shape index (κ3) is 1.84. The van der Waals surface area contributed by atoms with Crippen LogP contribution in [0.4, 0.5) is 0 Å². The van der Waals surface area contributed by atoms with Crippen molar-refractivity contribution in [1.29, 1.82) is 0 Å². The maximum absolute atomic E-state index is 10.9. The first-order chi connectivity index (χ1) is 7.35. The van der Waals surface area contributed by atoms with Gasteiger partial charge in [0, 0.05) is 11.5 Å². The Morgan fingerprint density at radius 1 is 1.27 bits per heavy atom. The molecule has 0 radical (unpaired) electrons. The molecule has 0 amide bonds.